The van der Waals surface area contributed by atoms with Crippen LogP contribution >= 0.6 is 0 Å². The Balaban J connectivity index is 2.29. The first-order valence-corrected chi connectivity index (χ1v) is 6.34. The Kier molecular flexibility index (Phi) is 3.93. The molecule has 0 bridgehead atoms. The van der Waals surface area contributed by atoms with Crippen LogP contribution in [0.5, 0.6) is 5.75 Å². The largest absolute Gasteiger partial charge is 0.508 e. The molecule has 5 nitrogen and oxygen atoms in total. The van der Waals surface area contributed by atoms with Crippen molar-refractivity contribution in [2.75, 3.05) is 5.32 Å². The minimum Gasteiger partial charge on any atom is -0.508 e. The van der Waals surface area contributed by atoms with Gasteiger partial charge < -0.3 is 15.5 Å². The van der Waals surface area contributed by atoms with Gasteiger partial charge in [-0.1, -0.05) is 6.07 Å². The molecule has 5 heteroatoms. The molecule has 2 rings (SSSR count). The second-order valence-electron chi connectivity index (χ2n) is 4.74. The van der Waals surface area contributed by atoms with Crippen molar-refractivity contribution >= 4 is 17.6 Å². The van der Waals surface area contributed by atoms with Gasteiger partial charge in [-0.3, -0.25) is 4.79 Å². The van der Waals surface area contributed by atoms with E-state index in [1.54, 1.807) is 32.0 Å². The minimum absolute atomic E-state index is 0.121. The molecule has 0 spiro atoms. The van der Waals surface area contributed by atoms with E-state index in [1.165, 1.54) is 18.2 Å². The van der Waals surface area contributed by atoms with Crippen LogP contribution in [0, 0.1) is 13.8 Å². The van der Waals surface area contributed by atoms with Crippen molar-refractivity contribution < 1.29 is 19.8 Å². The lowest BCUT2D eigenvalue weighted by atomic mass is 10.1. The van der Waals surface area contributed by atoms with Gasteiger partial charge in [-0.05, 0) is 55.3 Å². The third kappa shape index (κ3) is 3.02. The van der Waals surface area contributed by atoms with Gasteiger partial charge >= 0.3 is 5.97 Å². The molecule has 0 heterocycles. The van der Waals surface area contributed by atoms with Crippen molar-refractivity contribution in [2.24, 2.45) is 0 Å². The number of hydrogen-bond acceptors (Lipinski definition) is 3. The number of carboxylic acids is 1. The number of hydrogen-bond donors (Lipinski definition) is 3. The van der Waals surface area contributed by atoms with E-state index in [9.17, 15) is 14.7 Å². The smallest absolute Gasteiger partial charge is 0.336 e. The number of aromatic carboxylic acids is 1. The van der Waals surface area contributed by atoms with Gasteiger partial charge in [0.05, 0.1) is 5.56 Å². The second-order valence-corrected chi connectivity index (χ2v) is 4.74. The molecular weight excluding hydrogens is 270 g/mol. The average Bonchev–Trinajstić information content (AvgIpc) is 2.43. The molecular formula is C16H15NO4. The highest BCUT2D eigenvalue weighted by Crippen LogP contribution is 2.21. The number of amides is 1. The van der Waals surface area contributed by atoms with Crippen LogP contribution in [0.2, 0.25) is 0 Å². The number of rotatable bonds is 3. The van der Waals surface area contributed by atoms with Crippen molar-refractivity contribution in [1.82, 2.24) is 0 Å². The fraction of sp³-hybridized carbons (Fsp3) is 0.125. The molecule has 3 N–H and O–H groups in total. The molecule has 21 heavy (non-hydrogen) atoms. The maximum Gasteiger partial charge on any atom is 0.336 e. The lowest BCUT2D eigenvalue weighted by Crippen LogP contribution is -2.14. The summed E-state index contributed by atoms with van der Waals surface area (Å²) in [6.07, 6.45) is 0. The van der Waals surface area contributed by atoms with Crippen molar-refractivity contribution in [3.05, 3.63) is 58.7 Å². The molecule has 0 aliphatic carbocycles. The van der Waals surface area contributed by atoms with E-state index in [0.29, 0.717) is 22.4 Å². The third-order valence-electron chi connectivity index (χ3n) is 3.27. The van der Waals surface area contributed by atoms with Crippen LogP contribution in [0.4, 0.5) is 5.69 Å². The summed E-state index contributed by atoms with van der Waals surface area (Å²) in [5, 5.41) is 21.2. The van der Waals surface area contributed by atoms with Gasteiger partial charge in [-0.25, -0.2) is 4.79 Å². The van der Waals surface area contributed by atoms with Crippen molar-refractivity contribution in [3.8, 4) is 5.75 Å². The van der Waals surface area contributed by atoms with E-state index >= 15 is 0 Å². The van der Waals surface area contributed by atoms with Gasteiger partial charge in [0.2, 0.25) is 0 Å². The lowest BCUT2D eigenvalue weighted by molar-refractivity contribution is 0.0695. The molecule has 0 unspecified atom stereocenters. The normalized spacial score (nSPS) is 10.2. The first kappa shape index (κ1) is 14.6. The number of carbonyl (C=O) groups is 2. The standard InChI is InChI=1S/C16H15NO4/c1-9-8-11(6-7-14(9)18)15(19)17-13-5-3-4-12(10(13)2)16(20)21/h3-8,18H,1-2H3,(H,17,19)(H,20,21). The van der Waals surface area contributed by atoms with E-state index in [-0.39, 0.29) is 17.2 Å². The second kappa shape index (κ2) is 5.66. The summed E-state index contributed by atoms with van der Waals surface area (Å²) in [5.41, 5.74) is 2.08. The molecule has 0 saturated carbocycles. The quantitative estimate of drug-likeness (QED) is 0.809. The van der Waals surface area contributed by atoms with Crippen molar-refractivity contribution in [1.29, 1.82) is 0 Å². The summed E-state index contributed by atoms with van der Waals surface area (Å²) in [6.45, 7) is 3.34. The number of carboxylic acid groups (broad SMARTS) is 1. The molecule has 0 aromatic heterocycles. The summed E-state index contributed by atoms with van der Waals surface area (Å²) in [5.74, 6) is -1.27. The van der Waals surface area contributed by atoms with E-state index in [1.807, 2.05) is 0 Å². The molecule has 0 aliphatic rings. The Morgan fingerprint density at radius 3 is 2.43 bits per heavy atom. The van der Waals surface area contributed by atoms with Gasteiger partial charge in [-0.2, -0.15) is 0 Å². The van der Waals surface area contributed by atoms with E-state index in [0.717, 1.165) is 0 Å². The van der Waals surface area contributed by atoms with Gasteiger partial charge in [0, 0.05) is 11.3 Å². The molecule has 108 valence electrons. The van der Waals surface area contributed by atoms with Gasteiger partial charge in [0.15, 0.2) is 0 Å². The van der Waals surface area contributed by atoms with E-state index in [2.05, 4.69) is 5.32 Å². The van der Waals surface area contributed by atoms with E-state index < -0.39 is 5.97 Å². The predicted octanol–water partition coefficient (Wildman–Crippen LogP) is 2.96. The maximum absolute atomic E-state index is 12.2. The summed E-state index contributed by atoms with van der Waals surface area (Å²) in [6, 6.07) is 9.24. The molecule has 0 fully saturated rings. The van der Waals surface area contributed by atoms with Crippen LogP contribution in [-0.2, 0) is 0 Å². The fourth-order valence-electron chi connectivity index (χ4n) is 1.99. The number of aryl methyl sites for hydroxylation is 1. The molecule has 0 atom stereocenters. The number of anilines is 1. The molecule has 1 amide bonds. The Morgan fingerprint density at radius 1 is 1.10 bits per heavy atom. The molecule has 2 aromatic rings. The highest BCUT2D eigenvalue weighted by molar-refractivity contribution is 6.05. The average molecular weight is 285 g/mol. The number of phenols is 1. The Hall–Kier alpha value is -2.82. The number of carbonyl (C=O) groups excluding carboxylic acids is 1. The summed E-state index contributed by atoms with van der Waals surface area (Å²) in [7, 11) is 0. The van der Waals surface area contributed by atoms with Crippen LogP contribution in [0.3, 0.4) is 0 Å². The number of aromatic hydroxyl groups is 1. The Bertz CT molecular complexity index is 722. The van der Waals surface area contributed by atoms with Crippen LogP contribution in [0.15, 0.2) is 36.4 Å². The van der Waals surface area contributed by atoms with Gasteiger partial charge in [-0.15, -0.1) is 0 Å². The summed E-state index contributed by atoms with van der Waals surface area (Å²) in [4.78, 5) is 23.2. The predicted molar refractivity (Wildman–Crippen MR) is 78.9 cm³/mol. The highest BCUT2D eigenvalue weighted by Gasteiger charge is 2.13. The lowest BCUT2D eigenvalue weighted by Gasteiger charge is -2.11. The molecule has 0 saturated heterocycles. The summed E-state index contributed by atoms with van der Waals surface area (Å²) >= 11 is 0. The van der Waals surface area contributed by atoms with Crippen LogP contribution in [0.1, 0.15) is 31.8 Å². The minimum atomic E-state index is -1.04. The zero-order valence-electron chi connectivity index (χ0n) is 11.7. The number of nitrogens with one attached hydrogen (secondary N) is 1. The SMILES string of the molecule is Cc1cc(C(=O)Nc2cccc(C(=O)O)c2C)ccc1O. The molecule has 0 radical (unpaired) electrons. The van der Waals surface area contributed by atoms with Crippen molar-refractivity contribution in [2.45, 2.75) is 13.8 Å². The fourth-order valence-corrected chi connectivity index (χ4v) is 1.99. The Labute approximate surface area is 121 Å². The molecule has 0 aliphatic heterocycles. The maximum atomic E-state index is 12.2. The van der Waals surface area contributed by atoms with E-state index in [4.69, 9.17) is 5.11 Å². The number of benzene rings is 2. The summed E-state index contributed by atoms with van der Waals surface area (Å²) < 4.78 is 0. The Morgan fingerprint density at radius 2 is 1.81 bits per heavy atom. The monoisotopic (exact) mass is 285 g/mol. The zero-order chi connectivity index (χ0) is 15.6. The number of phenolic OH excluding ortho intramolecular Hbond substituents is 1. The van der Waals surface area contributed by atoms with Crippen LogP contribution in [0.25, 0.3) is 0 Å². The van der Waals surface area contributed by atoms with Crippen LogP contribution in [-0.4, -0.2) is 22.1 Å². The van der Waals surface area contributed by atoms with Crippen LogP contribution < -0.4 is 5.32 Å². The third-order valence-corrected chi connectivity index (χ3v) is 3.27. The van der Waals surface area contributed by atoms with Gasteiger partial charge in [0.1, 0.15) is 5.75 Å². The molecule has 2 aromatic carbocycles. The first-order chi connectivity index (χ1) is 9.90. The first-order valence-electron chi connectivity index (χ1n) is 6.34. The van der Waals surface area contributed by atoms with Gasteiger partial charge in [0.25, 0.3) is 5.91 Å². The topological polar surface area (TPSA) is 86.6 Å². The van der Waals surface area contributed by atoms with Crippen molar-refractivity contribution in [3.63, 3.8) is 0 Å². The highest BCUT2D eigenvalue weighted by atomic mass is 16.4. The zero-order valence-corrected chi connectivity index (χ0v) is 11.7.